The first kappa shape index (κ1) is 11.1. The molecular formula is C13H10O4. The van der Waals surface area contributed by atoms with Gasteiger partial charge in [0.25, 0.3) is 0 Å². The molecule has 1 N–H and O–H groups in total. The first-order valence-corrected chi connectivity index (χ1v) is 5.02. The molecule has 0 radical (unpaired) electrons. The summed E-state index contributed by atoms with van der Waals surface area (Å²) < 4.78 is 5.34. The molecule has 4 heteroatoms. The van der Waals surface area contributed by atoms with Gasteiger partial charge in [-0.3, -0.25) is 4.79 Å². The van der Waals surface area contributed by atoms with E-state index in [4.69, 9.17) is 9.52 Å². The molecule has 0 aliphatic heterocycles. The highest BCUT2D eigenvalue weighted by atomic mass is 16.4. The molecule has 0 bridgehead atoms. The van der Waals surface area contributed by atoms with Crippen molar-refractivity contribution in [3.05, 3.63) is 51.9 Å². The molecule has 0 fully saturated rings. The van der Waals surface area contributed by atoms with Gasteiger partial charge in [0.15, 0.2) is 5.43 Å². The Morgan fingerprint density at radius 2 is 2.18 bits per heavy atom. The molecule has 4 nitrogen and oxygen atoms in total. The predicted molar refractivity (Wildman–Crippen MR) is 63.9 cm³/mol. The minimum absolute atomic E-state index is 0.227. The minimum atomic E-state index is -1.10. The van der Waals surface area contributed by atoms with Crippen LogP contribution in [0.3, 0.4) is 0 Å². The topological polar surface area (TPSA) is 67.5 Å². The summed E-state index contributed by atoms with van der Waals surface area (Å²) in [6, 6.07) is 5.27. The summed E-state index contributed by atoms with van der Waals surface area (Å²) in [5.41, 5.74) is 1.40. The van der Waals surface area contributed by atoms with Crippen LogP contribution in [0.15, 0.2) is 39.7 Å². The Morgan fingerprint density at radius 3 is 2.88 bits per heavy atom. The fraction of sp³-hybridized carbons (Fsp3) is 0.0769. The van der Waals surface area contributed by atoms with E-state index in [1.165, 1.54) is 12.3 Å². The zero-order valence-corrected chi connectivity index (χ0v) is 9.14. The molecule has 2 aromatic rings. The lowest BCUT2D eigenvalue weighted by molar-refractivity contribution is -0.131. The Kier molecular flexibility index (Phi) is 2.78. The van der Waals surface area contributed by atoms with E-state index in [0.717, 1.165) is 11.6 Å². The standard InChI is InChI=1S/C13H10O4/c1-8-3-2-4-10-12(16)9(5-6-11(14)15)7-17-13(8)10/h2-7H,1H3,(H,14,15)/b6-5+. The van der Waals surface area contributed by atoms with Gasteiger partial charge in [-0.15, -0.1) is 0 Å². The third-order valence-corrected chi connectivity index (χ3v) is 2.43. The van der Waals surface area contributed by atoms with Crippen LogP contribution >= 0.6 is 0 Å². The normalized spacial score (nSPS) is 11.1. The molecule has 0 aliphatic rings. The molecule has 0 saturated carbocycles. The number of para-hydroxylation sites is 1. The van der Waals surface area contributed by atoms with Crippen molar-refractivity contribution < 1.29 is 14.3 Å². The Balaban J connectivity index is 2.67. The van der Waals surface area contributed by atoms with Gasteiger partial charge in [0.05, 0.1) is 10.9 Å². The van der Waals surface area contributed by atoms with Crippen molar-refractivity contribution in [3.8, 4) is 0 Å². The summed E-state index contributed by atoms with van der Waals surface area (Å²) in [5.74, 6) is -1.10. The van der Waals surface area contributed by atoms with Crippen LogP contribution in [0.2, 0.25) is 0 Å². The summed E-state index contributed by atoms with van der Waals surface area (Å²) in [6.07, 6.45) is 3.42. The van der Waals surface area contributed by atoms with E-state index in [0.29, 0.717) is 11.0 Å². The zero-order valence-electron chi connectivity index (χ0n) is 9.14. The molecule has 17 heavy (non-hydrogen) atoms. The number of rotatable bonds is 2. The third kappa shape index (κ3) is 2.10. The van der Waals surface area contributed by atoms with Crippen LogP contribution in [0, 0.1) is 6.92 Å². The van der Waals surface area contributed by atoms with Gasteiger partial charge in [-0.2, -0.15) is 0 Å². The first-order chi connectivity index (χ1) is 8.09. The highest BCUT2D eigenvalue weighted by Crippen LogP contribution is 2.15. The van der Waals surface area contributed by atoms with E-state index in [1.807, 2.05) is 13.0 Å². The van der Waals surface area contributed by atoms with Crippen LogP contribution in [0.25, 0.3) is 17.0 Å². The van der Waals surface area contributed by atoms with Crippen molar-refractivity contribution in [3.63, 3.8) is 0 Å². The maximum Gasteiger partial charge on any atom is 0.328 e. The second-order valence-corrected chi connectivity index (χ2v) is 3.64. The number of aryl methyl sites for hydroxylation is 1. The van der Waals surface area contributed by atoms with E-state index >= 15 is 0 Å². The summed E-state index contributed by atoms with van der Waals surface area (Å²) in [5, 5.41) is 8.96. The van der Waals surface area contributed by atoms with E-state index in [-0.39, 0.29) is 11.0 Å². The van der Waals surface area contributed by atoms with Crippen LogP contribution in [-0.2, 0) is 4.79 Å². The van der Waals surface area contributed by atoms with Crippen molar-refractivity contribution in [1.82, 2.24) is 0 Å². The Hall–Kier alpha value is -2.36. The van der Waals surface area contributed by atoms with Crippen LogP contribution < -0.4 is 5.43 Å². The summed E-state index contributed by atoms with van der Waals surface area (Å²) in [7, 11) is 0. The number of aliphatic carboxylic acids is 1. The summed E-state index contributed by atoms with van der Waals surface area (Å²) >= 11 is 0. The van der Waals surface area contributed by atoms with E-state index in [9.17, 15) is 9.59 Å². The summed E-state index contributed by atoms with van der Waals surface area (Å²) in [6.45, 7) is 1.85. The minimum Gasteiger partial charge on any atom is -0.478 e. The third-order valence-electron chi connectivity index (χ3n) is 2.43. The molecule has 0 aliphatic carbocycles. The Labute approximate surface area is 96.8 Å². The molecule has 0 spiro atoms. The molecule has 86 valence electrons. The maximum atomic E-state index is 12.0. The lowest BCUT2D eigenvalue weighted by Gasteiger charge is -2.00. The molecule has 0 saturated heterocycles. The van der Waals surface area contributed by atoms with Crippen LogP contribution in [0.4, 0.5) is 0 Å². The van der Waals surface area contributed by atoms with Gasteiger partial charge >= 0.3 is 5.97 Å². The number of hydrogen-bond donors (Lipinski definition) is 1. The van der Waals surface area contributed by atoms with E-state index in [2.05, 4.69) is 0 Å². The summed E-state index contributed by atoms with van der Waals surface area (Å²) in [4.78, 5) is 22.4. The molecule has 1 aromatic heterocycles. The molecule has 0 atom stereocenters. The second kappa shape index (κ2) is 4.25. The van der Waals surface area contributed by atoms with E-state index < -0.39 is 5.97 Å². The molecule has 0 unspecified atom stereocenters. The first-order valence-electron chi connectivity index (χ1n) is 5.02. The highest BCUT2D eigenvalue weighted by Gasteiger charge is 2.06. The fourth-order valence-electron chi connectivity index (χ4n) is 1.60. The quantitative estimate of drug-likeness (QED) is 0.803. The fourth-order valence-corrected chi connectivity index (χ4v) is 1.60. The van der Waals surface area contributed by atoms with Gasteiger partial charge in [0, 0.05) is 6.08 Å². The van der Waals surface area contributed by atoms with Gasteiger partial charge in [0.2, 0.25) is 0 Å². The van der Waals surface area contributed by atoms with Crippen LogP contribution in [-0.4, -0.2) is 11.1 Å². The Bertz CT molecular complexity index is 665. The van der Waals surface area contributed by atoms with Crippen molar-refractivity contribution in [2.24, 2.45) is 0 Å². The van der Waals surface area contributed by atoms with Crippen molar-refractivity contribution in [2.75, 3.05) is 0 Å². The average Bonchev–Trinajstić information content (AvgIpc) is 2.29. The number of carboxylic acids is 1. The van der Waals surface area contributed by atoms with Crippen molar-refractivity contribution in [2.45, 2.75) is 6.92 Å². The smallest absolute Gasteiger partial charge is 0.328 e. The second-order valence-electron chi connectivity index (χ2n) is 3.64. The SMILES string of the molecule is Cc1cccc2c(=O)c(/C=C/C(=O)O)coc12. The average molecular weight is 230 g/mol. The van der Waals surface area contributed by atoms with Crippen molar-refractivity contribution in [1.29, 1.82) is 0 Å². The monoisotopic (exact) mass is 230 g/mol. The molecule has 2 rings (SSSR count). The zero-order chi connectivity index (χ0) is 12.4. The van der Waals surface area contributed by atoms with Gasteiger partial charge in [-0.25, -0.2) is 4.79 Å². The largest absolute Gasteiger partial charge is 0.478 e. The number of benzene rings is 1. The maximum absolute atomic E-state index is 12.0. The van der Waals surface area contributed by atoms with Gasteiger partial charge in [-0.1, -0.05) is 12.1 Å². The van der Waals surface area contributed by atoms with Crippen molar-refractivity contribution >= 4 is 23.0 Å². The lowest BCUT2D eigenvalue weighted by Crippen LogP contribution is -2.05. The van der Waals surface area contributed by atoms with Crippen LogP contribution in [0.1, 0.15) is 11.1 Å². The molecule has 1 heterocycles. The van der Waals surface area contributed by atoms with Gasteiger partial charge in [-0.05, 0) is 24.6 Å². The lowest BCUT2D eigenvalue weighted by atomic mass is 10.1. The number of hydrogen-bond acceptors (Lipinski definition) is 3. The number of carbonyl (C=O) groups is 1. The predicted octanol–water partition coefficient (Wildman–Crippen LogP) is 2.20. The molecular weight excluding hydrogens is 220 g/mol. The van der Waals surface area contributed by atoms with Gasteiger partial charge in [0.1, 0.15) is 11.8 Å². The molecule has 1 aromatic carbocycles. The van der Waals surface area contributed by atoms with Gasteiger partial charge < -0.3 is 9.52 Å². The highest BCUT2D eigenvalue weighted by molar-refractivity contribution is 5.87. The van der Waals surface area contributed by atoms with E-state index in [1.54, 1.807) is 12.1 Å². The molecule has 0 amide bonds. The number of carboxylic acid groups (broad SMARTS) is 1. The number of fused-ring (bicyclic) bond motifs is 1. The van der Waals surface area contributed by atoms with Crippen LogP contribution in [0.5, 0.6) is 0 Å². The Morgan fingerprint density at radius 1 is 1.41 bits per heavy atom.